The number of hydrogen-bond acceptors (Lipinski definition) is 2. The maximum atomic E-state index is 14.2. The molecule has 0 spiro atoms. The highest BCUT2D eigenvalue weighted by molar-refractivity contribution is 5.93. The molecule has 1 aromatic heterocycles. The lowest BCUT2D eigenvalue weighted by atomic mass is 10.1. The van der Waals surface area contributed by atoms with Crippen LogP contribution in [0.2, 0.25) is 0 Å². The van der Waals surface area contributed by atoms with Gasteiger partial charge in [-0.3, -0.25) is 0 Å². The van der Waals surface area contributed by atoms with Gasteiger partial charge in [0.05, 0.1) is 16.8 Å². The Bertz CT molecular complexity index is 1010. The van der Waals surface area contributed by atoms with Gasteiger partial charge in [0.15, 0.2) is 5.82 Å². The fourth-order valence-corrected chi connectivity index (χ4v) is 2.72. The van der Waals surface area contributed by atoms with E-state index in [-0.39, 0.29) is 11.4 Å². The van der Waals surface area contributed by atoms with Gasteiger partial charge in [-0.1, -0.05) is 54.6 Å². The molecule has 2 nitrogen and oxygen atoms in total. The molecule has 116 valence electrons. The van der Waals surface area contributed by atoms with Crippen molar-refractivity contribution in [1.82, 2.24) is 9.97 Å². The molecule has 0 radical (unpaired) electrons. The summed E-state index contributed by atoms with van der Waals surface area (Å²) in [7, 11) is 0. The van der Waals surface area contributed by atoms with Crippen molar-refractivity contribution < 1.29 is 8.78 Å². The molecule has 4 rings (SSSR count). The highest BCUT2D eigenvalue weighted by Crippen LogP contribution is 2.30. The summed E-state index contributed by atoms with van der Waals surface area (Å²) in [5, 5.41) is 0.837. The fourth-order valence-electron chi connectivity index (χ4n) is 2.72. The van der Waals surface area contributed by atoms with Crippen LogP contribution in [0, 0.1) is 11.6 Å². The average molecular weight is 318 g/mol. The van der Waals surface area contributed by atoms with Crippen LogP contribution in [0.15, 0.2) is 72.8 Å². The zero-order valence-electron chi connectivity index (χ0n) is 12.6. The molecule has 0 unspecified atom stereocenters. The maximum absolute atomic E-state index is 14.2. The summed E-state index contributed by atoms with van der Waals surface area (Å²) in [6.45, 7) is 0. The molecular formula is C20H12F2N2. The van der Waals surface area contributed by atoms with E-state index in [1.165, 1.54) is 18.2 Å². The van der Waals surface area contributed by atoms with Crippen LogP contribution in [-0.2, 0) is 0 Å². The Hall–Kier alpha value is -3.14. The average Bonchev–Trinajstić information content (AvgIpc) is 2.62. The van der Waals surface area contributed by atoms with Gasteiger partial charge in [-0.05, 0) is 18.2 Å². The van der Waals surface area contributed by atoms with Crippen LogP contribution in [0.25, 0.3) is 33.5 Å². The van der Waals surface area contributed by atoms with Gasteiger partial charge < -0.3 is 0 Å². The minimum Gasteiger partial charge on any atom is -0.228 e. The quantitative estimate of drug-likeness (QED) is 0.505. The molecule has 3 aromatic carbocycles. The number of aromatic nitrogens is 2. The van der Waals surface area contributed by atoms with Crippen LogP contribution >= 0.6 is 0 Å². The standard InChI is InChI=1S/C20H12F2N2/c21-15-10-6-11-16(22)18(15)20-23-17-12-5-4-9-14(17)19(24-20)13-7-2-1-3-8-13/h1-12H. The van der Waals surface area contributed by atoms with Crippen molar-refractivity contribution >= 4 is 10.9 Å². The first-order valence-corrected chi connectivity index (χ1v) is 7.50. The molecule has 4 aromatic rings. The molecule has 0 fully saturated rings. The van der Waals surface area contributed by atoms with Crippen LogP contribution in [0.3, 0.4) is 0 Å². The lowest BCUT2D eigenvalue weighted by Gasteiger charge is -2.10. The minimum atomic E-state index is -0.677. The third-order valence-corrected chi connectivity index (χ3v) is 3.84. The molecule has 0 aliphatic rings. The second-order valence-corrected chi connectivity index (χ2v) is 5.38. The predicted octanol–water partition coefficient (Wildman–Crippen LogP) is 5.24. The molecular weight excluding hydrogens is 306 g/mol. The molecule has 0 saturated heterocycles. The number of rotatable bonds is 2. The zero-order valence-corrected chi connectivity index (χ0v) is 12.6. The maximum Gasteiger partial charge on any atom is 0.166 e. The molecule has 0 bridgehead atoms. The second kappa shape index (κ2) is 5.81. The molecule has 4 heteroatoms. The first-order chi connectivity index (χ1) is 11.7. The molecule has 0 amide bonds. The van der Waals surface area contributed by atoms with E-state index in [4.69, 9.17) is 0 Å². The van der Waals surface area contributed by atoms with Crippen molar-refractivity contribution in [2.24, 2.45) is 0 Å². The van der Waals surface area contributed by atoms with Crippen LogP contribution in [0.4, 0.5) is 8.78 Å². The van der Waals surface area contributed by atoms with E-state index in [1.54, 1.807) is 0 Å². The number of hydrogen-bond donors (Lipinski definition) is 0. The third-order valence-electron chi connectivity index (χ3n) is 3.84. The highest BCUT2D eigenvalue weighted by atomic mass is 19.1. The molecule has 24 heavy (non-hydrogen) atoms. The van der Waals surface area contributed by atoms with E-state index in [0.29, 0.717) is 11.2 Å². The summed E-state index contributed by atoms with van der Waals surface area (Å²) >= 11 is 0. The van der Waals surface area contributed by atoms with E-state index < -0.39 is 11.6 Å². The van der Waals surface area contributed by atoms with Crippen LogP contribution in [-0.4, -0.2) is 9.97 Å². The summed E-state index contributed by atoms with van der Waals surface area (Å²) < 4.78 is 28.3. The number of benzene rings is 3. The number of para-hydroxylation sites is 1. The Kier molecular flexibility index (Phi) is 3.50. The van der Waals surface area contributed by atoms with Crippen LogP contribution in [0.1, 0.15) is 0 Å². The van der Waals surface area contributed by atoms with E-state index in [9.17, 15) is 8.78 Å². The Labute approximate surface area is 137 Å². The molecule has 0 N–H and O–H groups in total. The highest BCUT2D eigenvalue weighted by Gasteiger charge is 2.17. The monoisotopic (exact) mass is 318 g/mol. The van der Waals surface area contributed by atoms with Gasteiger partial charge in [0.2, 0.25) is 0 Å². The third kappa shape index (κ3) is 2.42. The van der Waals surface area contributed by atoms with E-state index >= 15 is 0 Å². The smallest absolute Gasteiger partial charge is 0.166 e. The van der Waals surface area contributed by atoms with Crippen molar-refractivity contribution in [3.63, 3.8) is 0 Å². The van der Waals surface area contributed by atoms with Crippen molar-refractivity contribution in [2.75, 3.05) is 0 Å². The molecule has 1 heterocycles. The van der Waals surface area contributed by atoms with Gasteiger partial charge in [0.1, 0.15) is 11.6 Å². The van der Waals surface area contributed by atoms with Crippen molar-refractivity contribution in [2.45, 2.75) is 0 Å². The Morgan fingerprint density at radius 1 is 0.625 bits per heavy atom. The fraction of sp³-hybridized carbons (Fsp3) is 0. The summed E-state index contributed by atoms with van der Waals surface area (Å²) in [6.07, 6.45) is 0. The Balaban J connectivity index is 2.06. The Morgan fingerprint density at radius 2 is 1.29 bits per heavy atom. The SMILES string of the molecule is Fc1cccc(F)c1-c1nc(-c2ccccc2)c2ccccc2n1. The van der Waals surface area contributed by atoms with E-state index in [0.717, 1.165) is 10.9 Å². The number of nitrogens with zero attached hydrogens (tertiary/aromatic N) is 2. The molecule has 0 aliphatic heterocycles. The van der Waals surface area contributed by atoms with Crippen molar-refractivity contribution in [1.29, 1.82) is 0 Å². The number of fused-ring (bicyclic) bond motifs is 1. The van der Waals surface area contributed by atoms with Gasteiger partial charge in [-0.15, -0.1) is 0 Å². The van der Waals surface area contributed by atoms with Crippen LogP contribution < -0.4 is 0 Å². The van der Waals surface area contributed by atoms with E-state index in [2.05, 4.69) is 9.97 Å². The summed E-state index contributed by atoms with van der Waals surface area (Å²) in [4.78, 5) is 8.83. The summed E-state index contributed by atoms with van der Waals surface area (Å²) in [5.41, 5.74) is 1.96. The second-order valence-electron chi connectivity index (χ2n) is 5.38. The minimum absolute atomic E-state index is 0.0446. The first-order valence-electron chi connectivity index (χ1n) is 7.50. The van der Waals surface area contributed by atoms with Gasteiger partial charge in [0, 0.05) is 10.9 Å². The Morgan fingerprint density at radius 3 is 2.04 bits per heavy atom. The van der Waals surface area contributed by atoms with Gasteiger partial charge in [-0.25, -0.2) is 18.7 Å². The molecule has 0 saturated carbocycles. The largest absolute Gasteiger partial charge is 0.228 e. The van der Waals surface area contributed by atoms with Crippen molar-refractivity contribution in [3.8, 4) is 22.6 Å². The van der Waals surface area contributed by atoms with Crippen molar-refractivity contribution in [3.05, 3.63) is 84.4 Å². The number of halogens is 2. The van der Waals surface area contributed by atoms with Gasteiger partial charge in [-0.2, -0.15) is 0 Å². The predicted molar refractivity (Wildman–Crippen MR) is 90.3 cm³/mol. The molecule has 0 atom stereocenters. The first kappa shape index (κ1) is 14.5. The topological polar surface area (TPSA) is 25.8 Å². The lowest BCUT2D eigenvalue weighted by Crippen LogP contribution is -1.99. The summed E-state index contributed by atoms with van der Waals surface area (Å²) in [5.74, 6) is -1.31. The zero-order chi connectivity index (χ0) is 16.5. The van der Waals surface area contributed by atoms with Gasteiger partial charge in [0.25, 0.3) is 0 Å². The normalized spacial score (nSPS) is 10.9. The summed E-state index contributed by atoms with van der Waals surface area (Å²) in [6, 6.07) is 20.7. The lowest BCUT2D eigenvalue weighted by molar-refractivity contribution is 0.587. The van der Waals surface area contributed by atoms with E-state index in [1.807, 2.05) is 54.6 Å². The molecule has 0 aliphatic carbocycles. The van der Waals surface area contributed by atoms with Crippen LogP contribution in [0.5, 0.6) is 0 Å². The van der Waals surface area contributed by atoms with Gasteiger partial charge >= 0.3 is 0 Å².